The summed E-state index contributed by atoms with van der Waals surface area (Å²) in [5, 5.41) is 17.3. The van der Waals surface area contributed by atoms with Crippen molar-refractivity contribution in [1.29, 1.82) is 0 Å². The fourth-order valence-corrected chi connectivity index (χ4v) is 7.79. The van der Waals surface area contributed by atoms with Crippen LogP contribution < -0.4 is 5.32 Å². The molecule has 1 amide bonds. The summed E-state index contributed by atoms with van der Waals surface area (Å²) in [4.78, 5) is 35.3. The average molecular weight is 614 g/mol. The molecule has 10 nitrogen and oxygen atoms in total. The van der Waals surface area contributed by atoms with Gasteiger partial charge in [-0.25, -0.2) is 14.5 Å². The molecule has 216 valence electrons. The van der Waals surface area contributed by atoms with Crippen molar-refractivity contribution in [2.45, 2.75) is 88.8 Å². The lowest BCUT2D eigenvalue weighted by Gasteiger charge is -2.39. The van der Waals surface area contributed by atoms with Crippen LogP contribution >= 0.6 is 23.2 Å². The molecule has 2 aliphatic carbocycles. The molecule has 13 heteroatoms. The number of halogens is 2. The number of pyridine rings is 1. The molecule has 0 aromatic carbocycles. The summed E-state index contributed by atoms with van der Waals surface area (Å²) in [5.41, 5.74) is 4.60. The van der Waals surface area contributed by atoms with Gasteiger partial charge in [-0.05, 0) is 43.3 Å². The predicted octanol–water partition coefficient (Wildman–Crippen LogP) is 5.57. The maximum atomic E-state index is 13.6. The van der Waals surface area contributed by atoms with E-state index >= 15 is 0 Å². The molecule has 0 saturated heterocycles. The van der Waals surface area contributed by atoms with Crippen molar-refractivity contribution in [2.75, 3.05) is 5.32 Å². The monoisotopic (exact) mass is 612 g/mol. The van der Waals surface area contributed by atoms with Crippen LogP contribution in [0, 0.1) is 0 Å². The molecule has 1 saturated carbocycles. The van der Waals surface area contributed by atoms with Gasteiger partial charge in [-0.15, -0.1) is 4.80 Å². The molecule has 0 radical (unpaired) electrons. The summed E-state index contributed by atoms with van der Waals surface area (Å²) in [5.74, 6) is -0.141. The number of carbonyl (C=O) groups is 1. The van der Waals surface area contributed by atoms with Gasteiger partial charge in [0.15, 0.2) is 24.9 Å². The minimum Gasteiger partial charge on any atom is -0.431 e. The van der Waals surface area contributed by atoms with E-state index in [0.29, 0.717) is 46.2 Å². The number of hydrogen-bond acceptors (Lipinski definition) is 7. The first kappa shape index (κ1) is 28.3. The van der Waals surface area contributed by atoms with Crippen LogP contribution in [-0.2, 0) is 22.7 Å². The highest BCUT2D eigenvalue weighted by atomic mass is 35.5. The van der Waals surface area contributed by atoms with E-state index in [1.807, 2.05) is 18.0 Å². The first-order valence-corrected chi connectivity index (χ1v) is 17.4. The first-order valence-electron chi connectivity index (χ1n) is 14.0. The molecular formula is C28H34Cl2N8O2Si. The molecule has 2 N–H and O–H groups in total. The lowest BCUT2D eigenvalue weighted by atomic mass is 9.66. The number of rotatable bonds is 6. The maximum absolute atomic E-state index is 13.6. The van der Waals surface area contributed by atoms with E-state index in [0.717, 1.165) is 41.9 Å². The van der Waals surface area contributed by atoms with Gasteiger partial charge in [-0.2, -0.15) is 15.3 Å². The van der Waals surface area contributed by atoms with Crippen molar-refractivity contribution in [2.24, 2.45) is 0 Å². The normalized spacial score (nSPS) is 19.3. The zero-order valence-electron chi connectivity index (χ0n) is 23.9. The van der Waals surface area contributed by atoms with Gasteiger partial charge < -0.3 is 10.1 Å². The molecule has 2 atom stereocenters. The van der Waals surface area contributed by atoms with E-state index in [1.54, 1.807) is 24.5 Å². The smallest absolute Gasteiger partial charge is 0.232 e. The zero-order chi connectivity index (χ0) is 29.3. The topological polar surface area (TPSA) is 123 Å². The Morgan fingerprint density at radius 1 is 1.15 bits per heavy atom. The van der Waals surface area contributed by atoms with Crippen LogP contribution in [0.25, 0.3) is 11.5 Å². The number of amides is 1. The van der Waals surface area contributed by atoms with Crippen molar-refractivity contribution in [1.82, 2.24) is 34.6 Å². The Morgan fingerprint density at radius 2 is 1.88 bits per heavy atom. The van der Waals surface area contributed by atoms with Crippen LogP contribution in [0.3, 0.4) is 0 Å². The summed E-state index contributed by atoms with van der Waals surface area (Å²) >= 11 is 12.8. The van der Waals surface area contributed by atoms with Crippen molar-refractivity contribution < 1.29 is 9.59 Å². The Labute approximate surface area is 249 Å². The highest BCUT2D eigenvalue weighted by Crippen LogP contribution is 2.56. The van der Waals surface area contributed by atoms with Crippen LogP contribution in [0.2, 0.25) is 21.8 Å². The standard InChI is InChI=1S/C28H34Cl2N8O2Si/c1-6-20-21(15-41(5,40)27(2,3)4)35-38(34-20)25-19(29)10-16(13-32-25)33-26(39)17-12-28(8-7-9-28)24-18(17)14-31-23-11-22(30)36-37(23)24/h10-11,13-14,17,40H,6-9,12,15H2,1-5H3,(H,33,39). The minimum absolute atomic E-state index is 0.0887. The maximum Gasteiger partial charge on any atom is 0.232 e. The Bertz CT molecular complexity index is 1670. The Hall–Kier alpha value is -2.86. The van der Waals surface area contributed by atoms with E-state index in [-0.39, 0.29) is 22.3 Å². The van der Waals surface area contributed by atoms with E-state index in [1.165, 1.54) is 4.80 Å². The van der Waals surface area contributed by atoms with E-state index in [9.17, 15) is 9.59 Å². The number of aryl methyl sites for hydroxylation is 1. The van der Waals surface area contributed by atoms with Gasteiger partial charge in [-0.1, -0.05) is 57.3 Å². The molecule has 2 unspecified atom stereocenters. The summed E-state index contributed by atoms with van der Waals surface area (Å²) in [6.45, 7) is 10.1. The summed E-state index contributed by atoms with van der Waals surface area (Å²) < 4.78 is 1.82. The molecule has 4 aromatic rings. The average Bonchev–Trinajstić information content (AvgIpc) is 3.55. The molecular weight excluding hydrogens is 579 g/mol. The van der Waals surface area contributed by atoms with Gasteiger partial charge in [0.1, 0.15) is 0 Å². The molecule has 0 aliphatic heterocycles. The largest absolute Gasteiger partial charge is 0.431 e. The van der Waals surface area contributed by atoms with E-state index in [2.05, 4.69) is 51.4 Å². The number of carbonyl (C=O) groups excluding carboxylic acids is 1. The molecule has 6 rings (SSSR count). The Balaban J connectivity index is 1.25. The van der Waals surface area contributed by atoms with Crippen LogP contribution in [-0.4, -0.2) is 53.6 Å². The Morgan fingerprint density at radius 3 is 2.51 bits per heavy atom. The number of fused-ring (bicyclic) bond motifs is 4. The first-order chi connectivity index (χ1) is 19.3. The highest BCUT2D eigenvalue weighted by molar-refractivity contribution is 6.73. The summed E-state index contributed by atoms with van der Waals surface area (Å²) in [7, 11) is -2.62. The SMILES string of the molecule is CCc1nn(-c2ncc(NC(=O)C3CC4(CCC4)c4c3cnc3cc(Cl)nn43)cc2Cl)nc1C[Si](C)(O)C(C)(C)C. The predicted molar refractivity (Wildman–Crippen MR) is 160 cm³/mol. The Kier molecular flexibility index (Phi) is 6.80. The number of anilines is 1. The lowest BCUT2D eigenvalue weighted by Crippen LogP contribution is -2.44. The van der Waals surface area contributed by atoms with Gasteiger partial charge in [0.05, 0.1) is 39.9 Å². The second kappa shape index (κ2) is 9.86. The third kappa shape index (κ3) is 4.76. The van der Waals surface area contributed by atoms with Gasteiger partial charge in [0, 0.05) is 29.3 Å². The van der Waals surface area contributed by atoms with Gasteiger partial charge >= 0.3 is 0 Å². The third-order valence-corrected chi connectivity index (χ3v) is 13.8. The van der Waals surface area contributed by atoms with Crippen LogP contribution in [0.1, 0.15) is 81.9 Å². The third-order valence-electron chi connectivity index (χ3n) is 9.09. The molecule has 41 heavy (non-hydrogen) atoms. The summed E-state index contributed by atoms with van der Waals surface area (Å²) in [6.07, 6.45) is 7.87. The zero-order valence-corrected chi connectivity index (χ0v) is 26.4. The second-order valence-electron chi connectivity index (χ2n) is 12.6. The van der Waals surface area contributed by atoms with Crippen molar-refractivity contribution in [3.63, 3.8) is 0 Å². The summed E-state index contributed by atoms with van der Waals surface area (Å²) in [6, 6.07) is 3.90. The van der Waals surface area contributed by atoms with Crippen molar-refractivity contribution >= 4 is 48.8 Å². The molecule has 4 aromatic heterocycles. The minimum atomic E-state index is -2.62. The molecule has 1 fully saturated rings. The fourth-order valence-electron chi connectivity index (χ4n) is 5.92. The fraction of sp³-hybridized carbons (Fsp3) is 0.500. The lowest BCUT2D eigenvalue weighted by molar-refractivity contribution is -0.117. The molecule has 2 aliphatic rings. The molecule has 1 spiro atoms. The number of nitrogens with zero attached hydrogens (tertiary/aromatic N) is 7. The van der Waals surface area contributed by atoms with Crippen LogP contribution in [0.5, 0.6) is 0 Å². The van der Waals surface area contributed by atoms with Gasteiger partial charge in [0.25, 0.3) is 0 Å². The van der Waals surface area contributed by atoms with Gasteiger partial charge in [-0.3, -0.25) is 4.79 Å². The highest BCUT2D eigenvalue weighted by Gasteiger charge is 2.52. The number of aromatic nitrogens is 7. The number of hydrogen-bond donors (Lipinski definition) is 2. The molecule has 4 heterocycles. The quantitative estimate of drug-likeness (QED) is 0.273. The van der Waals surface area contributed by atoms with E-state index in [4.69, 9.17) is 23.2 Å². The van der Waals surface area contributed by atoms with Crippen molar-refractivity contribution in [3.8, 4) is 5.82 Å². The van der Waals surface area contributed by atoms with Crippen molar-refractivity contribution in [3.05, 3.63) is 57.3 Å². The van der Waals surface area contributed by atoms with Crippen LogP contribution in [0.4, 0.5) is 5.69 Å². The van der Waals surface area contributed by atoms with Gasteiger partial charge in [0.2, 0.25) is 5.91 Å². The van der Waals surface area contributed by atoms with E-state index < -0.39 is 8.32 Å². The molecule has 0 bridgehead atoms. The number of nitrogens with one attached hydrogen (secondary N) is 1. The van der Waals surface area contributed by atoms with Crippen LogP contribution in [0.15, 0.2) is 24.5 Å². The second-order valence-corrected chi connectivity index (χ2v) is 17.8.